The lowest BCUT2D eigenvalue weighted by molar-refractivity contribution is -0.129. The van der Waals surface area contributed by atoms with Gasteiger partial charge in [-0.05, 0) is 33.1 Å². The first-order chi connectivity index (χ1) is 9.23. The minimum Gasteiger partial charge on any atom is -0.345 e. The summed E-state index contributed by atoms with van der Waals surface area (Å²) < 4.78 is 0. The van der Waals surface area contributed by atoms with E-state index in [0.29, 0.717) is 12.8 Å². The van der Waals surface area contributed by atoms with Gasteiger partial charge < -0.3 is 15.4 Å². The summed E-state index contributed by atoms with van der Waals surface area (Å²) in [5, 5.41) is 5.01. The second-order valence-electron chi connectivity index (χ2n) is 4.60. The average Bonchev–Trinajstić information content (AvgIpc) is 2.33. The predicted molar refractivity (Wildman–Crippen MR) is 79.2 cm³/mol. The molecule has 0 aliphatic carbocycles. The maximum absolute atomic E-state index is 11.7. The molecule has 2 amide bonds. The molecule has 0 fully saturated rings. The molecular weight excluding hydrogens is 278 g/mol. The van der Waals surface area contributed by atoms with Crippen molar-refractivity contribution in [2.75, 3.05) is 0 Å². The Morgan fingerprint density at radius 3 is 2.05 bits per heavy atom. The van der Waals surface area contributed by atoms with E-state index in [1.165, 1.54) is 6.92 Å². The van der Waals surface area contributed by atoms with Crippen molar-refractivity contribution in [3.8, 4) is 0 Å². The normalized spacial score (nSPS) is 13.2. The average molecular weight is 298 g/mol. The molecular formula is C12H20BN2O4P. The number of carbonyl (C=O) groups is 4. The van der Waals surface area contributed by atoms with Crippen molar-refractivity contribution >= 4 is 40.1 Å². The van der Waals surface area contributed by atoms with Crippen LogP contribution < -0.4 is 10.6 Å². The van der Waals surface area contributed by atoms with Gasteiger partial charge in [0.25, 0.3) is 0 Å². The van der Waals surface area contributed by atoms with Crippen LogP contribution in [0.3, 0.4) is 0 Å². The first kappa shape index (κ1) is 18.8. The number of hydrogen-bond acceptors (Lipinski definition) is 4. The largest absolute Gasteiger partial charge is 0.345 e. The molecule has 0 aliphatic rings. The lowest BCUT2D eigenvalue weighted by Crippen LogP contribution is -2.48. The lowest BCUT2D eigenvalue weighted by atomic mass is 9.97. The minimum absolute atomic E-state index is 0.225. The van der Waals surface area contributed by atoms with Crippen LogP contribution in [0.25, 0.3) is 0 Å². The number of nitrogens with one attached hydrogen (secondary N) is 2. The van der Waals surface area contributed by atoms with Gasteiger partial charge in [-0.25, -0.2) is 0 Å². The quantitative estimate of drug-likeness (QED) is 0.346. The monoisotopic (exact) mass is 298 g/mol. The Kier molecular flexibility index (Phi) is 9.05. The van der Waals surface area contributed by atoms with Crippen LogP contribution in [0.5, 0.6) is 0 Å². The van der Waals surface area contributed by atoms with E-state index in [-0.39, 0.29) is 24.3 Å². The molecule has 3 atom stereocenters. The Labute approximate surface area is 122 Å². The van der Waals surface area contributed by atoms with E-state index in [9.17, 15) is 19.2 Å². The fourth-order valence-electron chi connectivity index (χ4n) is 1.37. The lowest BCUT2D eigenvalue weighted by Gasteiger charge is -2.16. The van der Waals surface area contributed by atoms with Gasteiger partial charge >= 0.3 is 0 Å². The molecule has 0 spiro atoms. The van der Waals surface area contributed by atoms with E-state index in [1.54, 1.807) is 6.92 Å². The molecule has 0 aliphatic heterocycles. The maximum atomic E-state index is 11.7. The highest BCUT2D eigenvalue weighted by atomic mass is 31.0. The van der Waals surface area contributed by atoms with Crippen LogP contribution in [-0.2, 0) is 19.2 Å². The van der Waals surface area contributed by atoms with Gasteiger partial charge in [-0.2, -0.15) is 0 Å². The van der Waals surface area contributed by atoms with Crippen molar-refractivity contribution in [2.24, 2.45) is 0 Å². The molecule has 110 valence electrons. The number of unbranched alkanes of at least 4 members (excludes halogenated alkanes) is 1. The third-order valence-electron chi connectivity index (χ3n) is 2.63. The summed E-state index contributed by atoms with van der Waals surface area (Å²) in [6, 6.07) is -1.33. The van der Waals surface area contributed by atoms with Gasteiger partial charge in [-0.1, -0.05) is 9.24 Å². The van der Waals surface area contributed by atoms with Crippen molar-refractivity contribution in [1.29, 1.82) is 0 Å². The molecule has 0 aromatic heterocycles. The molecule has 0 heterocycles. The van der Waals surface area contributed by atoms with Crippen LogP contribution in [0, 0.1) is 0 Å². The van der Waals surface area contributed by atoms with Crippen LogP contribution in [0.15, 0.2) is 0 Å². The summed E-state index contributed by atoms with van der Waals surface area (Å²) in [7, 11) is 6.97. The number of carbonyl (C=O) groups excluding carboxylic acids is 4. The fraction of sp³-hybridized carbons (Fsp3) is 0.667. The van der Waals surface area contributed by atoms with E-state index in [2.05, 4.69) is 10.6 Å². The van der Waals surface area contributed by atoms with Gasteiger partial charge in [0.2, 0.25) is 11.8 Å². The first-order valence-electron chi connectivity index (χ1n) is 6.41. The predicted octanol–water partition coefficient (Wildman–Crippen LogP) is -0.347. The summed E-state index contributed by atoms with van der Waals surface area (Å²) in [6.45, 7) is 3.10. The number of hydrogen-bond donors (Lipinski definition) is 2. The Balaban J connectivity index is 3.97. The maximum Gasteiger partial charge on any atom is 0.242 e. The van der Waals surface area contributed by atoms with Gasteiger partial charge in [-0.15, -0.1) is 0 Å². The molecule has 20 heavy (non-hydrogen) atoms. The van der Waals surface area contributed by atoms with Crippen molar-refractivity contribution in [1.82, 2.24) is 10.6 Å². The van der Waals surface area contributed by atoms with Crippen LogP contribution >= 0.6 is 9.24 Å². The second-order valence-corrected chi connectivity index (χ2v) is 5.16. The summed E-state index contributed by atoms with van der Waals surface area (Å²) in [4.78, 5) is 44.7. The van der Waals surface area contributed by atoms with Crippen LogP contribution in [0.1, 0.15) is 39.5 Å². The van der Waals surface area contributed by atoms with Gasteiger partial charge in [0, 0.05) is 6.42 Å². The highest BCUT2D eigenvalue weighted by molar-refractivity contribution is 7.40. The van der Waals surface area contributed by atoms with Crippen LogP contribution in [0.4, 0.5) is 0 Å². The van der Waals surface area contributed by atoms with Gasteiger partial charge in [-0.3, -0.25) is 14.4 Å². The van der Waals surface area contributed by atoms with Gasteiger partial charge in [0.1, 0.15) is 6.04 Å². The molecule has 8 heteroatoms. The van der Waals surface area contributed by atoms with Gasteiger partial charge in [0.05, 0.1) is 11.7 Å². The Morgan fingerprint density at radius 1 is 1.00 bits per heavy atom. The minimum atomic E-state index is -0.717. The summed E-state index contributed by atoms with van der Waals surface area (Å²) >= 11 is 0. The van der Waals surface area contributed by atoms with E-state index in [1.807, 2.05) is 9.24 Å². The fourth-order valence-corrected chi connectivity index (χ4v) is 1.46. The smallest absolute Gasteiger partial charge is 0.242 e. The Hall–Kier alpha value is -1.23. The zero-order valence-electron chi connectivity index (χ0n) is 11.8. The molecule has 0 aromatic rings. The highest BCUT2D eigenvalue weighted by Gasteiger charge is 2.18. The van der Waals surface area contributed by atoms with E-state index in [0.717, 1.165) is 0 Å². The molecule has 0 bridgehead atoms. The standard InChI is InChI=1S/C12H20BN2O4P/c1-7(11(18)15-8(2)12(19)20)14-10(17)6-4-3-5-9(13)16/h7-8H,3-6,20H2,1-2H3,(H,14,17)(H,15,18)/t7-,8-/m0/s1. The van der Waals surface area contributed by atoms with E-state index < -0.39 is 23.7 Å². The third kappa shape index (κ3) is 8.80. The molecule has 0 aromatic carbocycles. The van der Waals surface area contributed by atoms with E-state index >= 15 is 0 Å². The Morgan fingerprint density at radius 2 is 1.55 bits per heavy atom. The van der Waals surface area contributed by atoms with Crippen molar-refractivity contribution < 1.29 is 19.2 Å². The molecule has 0 rings (SSSR count). The summed E-state index contributed by atoms with van der Waals surface area (Å²) in [5.41, 5.74) is -0.627. The second kappa shape index (κ2) is 9.64. The zero-order chi connectivity index (χ0) is 15.7. The van der Waals surface area contributed by atoms with Crippen molar-refractivity contribution in [2.45, 2.75) is 51.6 Å². The topological polar surface area (TPSA) is 92.3 Å². The zero-order valence-corrected chi connectivity index (χ0v) is 12.9. The van der Waals surface area contributed by atoms with Crippen molar-refractivity contribution in [3.63, 3.8) is 0 Å². The molecule has 0 saturated heterocycles. The number of amides is 2. The first-order valence-corrected chi connectivity index (χ1v) is 6.99. The summed E-state index contributed by atoms with van der Waals surface area (Å²) in [5.74, 6) is -0.694. The van der Waals surface area contributed by atoms with Crippen LogP contribution in [0.2, 0.25) is 0 Å². The molecule has 2 radical (unpaired) electrons. The Bertz CT molecular complexity index is 390. The molecule has 2 N–H and O–H groups in total. The molecule has 6 nitrogen and oxygen atoms in total. The van der Waals surface area contributed by atoms with Crippen LogP contribution in [-0.4, -0.2) is 43.0 Å². The highest BCUT2D eigenvalue weighted by Crippen LogP contribution is 2.00. The van der Waals surface area contributed by atoms with Crippen molar-refractivity contribution in [3.05, 3.63) is 0 Å². The van der Waals surface area contributed by atoms with E-state index in [4.69, 9.17) is 7.85 Å². The third-order valence-corrected chi connectivity index (χ3v) is 3.13. The summed E-state index contributed by atoms with van der Waals surface area (Å²) in [6.07, 6.45) is 1.55. The molecule has 1 unspecified atom stereocenters. The SMILES string of the molecule is [B]C(=O)CCCCC(=O)N[C@@H](C)C(=O)N[C@@H](C)C(=O)P. The number of rotatable bonds is 9. The molecule has 0 saturated carbocycles. The van der Waals surface area contributed by atoms with Gasteiger partial charge in [0.15, 0.2) is 13.4 Å².